The van der Waals surface area contributed by atoms with E-state index in [9.17, 15) is 18.0 Å². The van der Waals surface area contributed by atoms with E-state index in [4.69, 9.17) is 0 Å². The van der Waals surface area contributed by atoms with Crippen molar-refractivity contribution in [1.82, 2.24) is 5.32 Å². The molecule has 1 aliphatic carbocycles. The molecule has 0 spiro atoms. The Bertz CT molecular complexity index is 215. The first-order chi connectivity index (χ1) is 6.38. The molecule has 82 valence electrons. The Kier molecular flexibility index (Phi) is 3.80. The molecule has 1 saturated carbocycles. The predicted molar refractivity (Wildman–Crippen MR) is 49.1 cm³/mol. The van der Waals surface area contributed by atoms with Crippen LogP contribution in [0.2, 0.25) is 0 Å². The first-order valence-electron chi connectivity index (χ1n) is 4.36. The molecule has 1 unspecified atom stereocenters. The molecule has 1 atom stereocenters. The van der Waals surface area contributed by atoms with E-state index < -0.39 is 18.5 Å². The molecule has 0 radical (unpaired) electrons. The van der Waals surface area contributed by atoms with Crippen LogP contribution < -0.4 is 5.32 Å². The van der Waals surface area contributed by atoms with Crippen molar-refractivity contribution in [3.05, 3.63) is 0 Å². The highest BCUT2D eigenvalue weighted by Crippen LogP contribution is 2.36. The molecule has 2 nitrogen and oxygen atoms in total. The molecule has 1 N–H and O–H groups in total. The van der Waals surface area contributed by atoms with Crippen molar-refractivity contribution in [3.63, 3.8) is 0 Å². The van der Waals surface area contributed by atoms with Gasteiger partial charge in [0, 0.05) is 11.4 Å². The van der Waals surface area contributed by atoms with Crippen LogP contribution >= 0.6 is 15.9 Å². The highest BCUT2D eigenvalue weighted by atomic mass is 79.9. The molecule has 1 amide bonds. The van der Waals surface area contributed by atoms with Crippen molar-refractivity contribution in [2.45, 2.75) is 30.3 Å². The molecular formula is C8H11BrF3NO. The standard InChI is InChI=1S/C8H11BrF3NO/c9-6(5-1-2-5)4-13-7(14)3-8(10,11)12/h5-6H,1-4H2,(H,13,14). The van der Waals surface area contributed by atoms with Crippen LogP contribution in [0.1, 0.15) is 19.3 Å². The fourth-order valence-electron chi connectivity index (χ4n) is 1.08. The van der Waals surface area contributed by atoms with Crippen LogP contribution in [0.15, 0.2) is 0 Å². The van der Waals surface area contributed by atoms with Crippen LogP contribution in [0.25, 0.3) is 0 Å². The van der Waals surface area contributed by atoms with Crippen molar-refractivity contribution < 1.29 is 18.0 Å². The summed E-state index contributed by atoms with van der Waals surface area (Å²) in [7, 11) is 0. The second-order valence-corrected chi connectivity index (χ2v) is 4.63. The number of carbonyl (C=O) groups excluding carboxylic acids is 1. The van der Waals surface area contributed by atoms with Gasteiger partial charge >= 0.3 is 6.18 Å². The van der Waals surface area contributed by atoms with Gasteiger partial charge in [-0.3, -0.25) is 4.79 Å². The molecule has 1 rings (SSSR count). The SMILES string of the molecule is O=C(CC(F)(F)F)NCC(Br)C1CC1. The summed E-state index contributed by atoms with van der Waals surface area (Å²) >= 11 is 3.32. The maximum absolute atomic E-state index is 11.7. The summed E-state index contributed by atoms with van der Waals surface area (Å²) in [5.41, 5.74) is 0. The lowest BCUT2D eigenvalue weighted by molar-refractivity contribution is -0.153. The monoisotopic (exact) mass is 273 g/mol. The van der Waals surface area contributed by atoms with Gasteiger partial charge in [-0.05, 0) is 18.8 Å². The molecule has 0 aliphatic heterocycles. The van der Waals surface area contributed by atoms with Gasteiger partial charge in [-0.25, -0.2) is 0 Å². The Balaban J connectivity index is 2.14. The fraction of sp³-hybridized carbons (Fsp3) is 0.875. The largest absolute Gasteiger partial charge is 0.397 e. The average Bonchev–Trinajstić information content (AvgIpc) is 2.78. The van der Waals surface area contributed by atoms with E-state index in [1.54, 1.807) is 0 Å². The number of hydrogen-bond acceptors (Lipinski definition) is 1. The van der Waals surface area contributed by atoms with Gasteiger partial charge in [0.25, 0.3) is 0 Å². The fourth-order valence-corrected chi connectivity index (χ4v) is 1.77. The summed E-state index contributed by atoms with van der Waals surface area (Å²) in [5.74, 6) is -0.441. The summed E-state index contributed by atoms with van der Waals surface area (Å²) in [4.78, 5) is 10.9. The van der Waals surface area contributed by atoms with Crippen LogP contribution in [-0.4, -0.2) is 23.5 Å². The third-order valence-corrected chi connectivity index (χ3v) is 3.06. The van der Waals surface area contributed by atoms with Crippen LogP contribution in [0.4, 0.5) is 13.2 Å². The summed E-state index contributed by atoms with van der Waals surface area (Å²) in [6, 6.07) is 0. The lowest BCUT2D eigenvalue weighted by Crippen LogP contribution is -2.33. The number of nitrogens with one attached hydrogen (secondary N) is 1. The van der Waals surface area contributed by atoms with Gasteiger partial charge in [0.15, 0.2) is 0 Å². The Labute approximate surface area is 88.4 Å². The second-order valence-electron chi connectivity index (χ2n) is 3.45. The van der Waals surface area contributed by atoms with Crippen molar-refractivity contribution in [3.8, 4) is 0 Å². The van der Waals surface area contributed by atoms with Gasteiger partial charge in [0.2, 0.25) is 5.91 Å². The normalized spacial score (nSPS) is 19.1. The Hall–Kier alpha value is -0.260. The molecule has 6 heteroatoms. The van der Waals surface area contributed by atoms with Crippen LogP contribution in [0, 0.1) is 5.92 Å². The third kappa shape index (κ3) is 4.83. The highest BCUT2D eigenvalue weighted by Gasteiger charge is 2.33. The molecule has 14 heavy (non-hydrogen) atoms. The van der Waals surface area contributed by atoms with Gasteiger partial charge < -0.3 is 5.32 Å². The minimum absolute atomic E-state index is 0.111. The molecule has 0 bridgehead atoms. The molecule has 0 saturated heterocycles. The summed E-state index contributed by atoms with van der Waals surface area (Å²) in [5, 5.41) is 2.25. The van der Waals surface area contributed by atoms with E-state index in [0.717, 1.165) is 12.8 Å². The number of hydrogen-bond donors (Lipinski definition) is 1. The molecule has 0 aromatic carbocycles. The van der Waals surface area contributed by atoms with Crippen molar-refractivity contribution >= 4 is 21.8 Å². The van der Waals surface area contributed by atoms with Gasteiger partial charge in [-0.2, -0.15) is 13.2 Å². The number of carbonyl (C=O) groups is 1. The quantitative estimate of drug-likeness (QED) is 0.782. The van der Waals surface area contributed by atoms with Crippen molar-refractivity contribution in [2.24, 2.45) is 5.92 Å². The van der Waals surface area contributed by atoms with E-state index in [0.29, 0.717) is 5.92 Å². The highest BCUT2D eigenvalue weighted by molar-refractivity contribution is 9.09. The third-order valence-electron chi connectivity index (χ3n) is 1.99. The van der Waals surface area contributed by atoms with E-state index in [1.165, 1.54) is 0 Å². The molecule has 0 aromatic rings. The van der Waals surface area contributed by atoms with Gasteiger partial charge in [0.1, 0.15) is 6.42 Å². The molecule has 0 heterocycles. The van der Waals surface area contributed by atoms with Crippen LogP contribution in [0.3, 0.4) is 0 Å². The van der Waals surface area contributed by atoms with Crippen molar-refractivity contribution in [2.75, 3.05) is 6.54 Å². The second kappa shape index (κ2) is 4.51. The maximum Gasteiger partial charge on any atom is 0.397 e. The minimum Gasteiger partial charge on any atom is -0.355 e. The lowest BCUT2D eigenvalue weighted by Gasteiger charge is -2.11. The summed E-state index contributed by atoms with van der Waals surface area (Å²) in [6.45, 7) is 0.277. The zero-order valence-electron chi connectivity index (χ0n) is 7.40. The van der Waals surface area contributed by atoms with Gasteiger partial charge in [0.05, 0.1) is 0 Å². The average molecular weight is 274 g/mol. The Morgan fingerprint density at radius 3 is 2.50 bits per heavy atom. The van der Waals surface area contributed by atoms with E-state index in [-0.39, 0.29) is 11.4 Å². The summed E-state index contributed by atoms with van der Waals surface area (Å²) in [6.07, 6.45) is -3.63. The molecule has 1 aliphatic rings. The maximum atomic E-state index is 11.7. The van der Waals surface area contributed by atoms with Gasteiger partial charge in [-0.15, -0.1) is 0 Å². The molecular weight excluding hydrogens is 263 g/mol. The zero-order chi connectivity index (χ0) is 10.8. The van der Waals surface area contributed by atoms with E-state index in [1.807, 2.05) is 0 Å². The van der Waals surface area contributed by atoms with E-state index >= 15 is 0 Å². The number of rotatable bonds is 4. The smallest absolute Gasteiger partial charge is 0.355 e. The number of halogens is 4. The first kappa shape index (κ1) is 11.8. The summed E-state index contributed by atoms with van der Waals surface area (Å²) < 4.78 is 35.2. The van der Waals surface area contributed by atoms with Gasteiger partial charge in [-0.1, -0.05) is 15.9 Å². The predicted octanol–water partition coefficient (Wildman–Crippen LogP) is 2.23. The topological polar surface area (TPSA) is 29.1 Å². The molecule has 1 fully saturated rings. The Morgan fingerprint density at radius 2 is 2.07 bits per heavy atom. The molecule has 0 aromatic heterocycles. The van der Waals surface area contributed by atoms with Crippen LogP contribution in [0.5, 0.6) is 0 Å². The first-order valence-corrected chi connectivity index (χ1v) is 5.27. The van der Waals surface area contributed by atoms with Crippen molar-refractivity contribution in [1.29, 1.82) is 0 Å². The number of amides is 1. The zero-order valence-corrected chi connectivity index (χ0v) is 8.99. The number of alkyl halides is 4. The minimum atomic E-state index is -4.41. The lowest BCUT2D eigenvalue weighted by atomic mass is 10.3. The van der Waals surface area contributed by atoms with Crippen LogP contribution in [-0.2, 0) is 4.79 Å². The Morgan fingerprint density at radius 1 is 1.50 bits per heavy atom. The van der Waals surface area contributed by atoms with E-state index in [2.05, 4.69) is 21.2 Å².